The molecule has 2 heteroatoms. The van der Waals surface area contributed by atoms with E-state index in [4.69, 9.17) is 4.43 Å². The Hall–Kier alpha value is -0.523. The first-order valence-electron chi connectivity index (χ1n) is 13.2. The van der Waals surface area contributed by atoms with Gasteiger partial charge in [-0.25, -0.2) is 0 Å². The summed E-state index contributed by atoms with van der Waals surface area (Å²) in [4.78, 5) is 0. The summed E-state index contributed by atoms with van der Waals surface area (Å²) in [5.41, 5.74) is 0.952. The summed E-state index contributed by atoms with van der Waals surface area (Å²) in [7, 11) is -1.78. The van der Waals surface area contributed by atoms with Crippen LogP contribution < -0.4 is 0 Å². The highest BCUT2D eigenvalue weighted by Gasteiger charge is 2.35. The zero-order valence-corrected chi connectivity index (χ0v) is 22.6. The van der Waals surface area contributed by atoms with E-state index in [2.05, 4.69) is 53.0 Å². The molecule has 0 spiro atoms. The molecule has 0 aromatic carbocycles. The van der Waals surface area contributed by atoms with Crippen molar-refractivity contribution in [3.8, 4) is 11.8 Å². The van der Waals surface area contributed by atoms with E-state index in [0.29, 0.717) is 5.92 Å². The molecule has 0 aliphatic heterocycles. The first-order valence-corrected chi connectivity index (χ1v) is 15.8. The molecule has 0 heterocycles. The van der Waals surface area contributed by atoms with E-state index < -0.39 is 8.32 Å². The maximum Gasteiger partial charge on any atom is 0.194 e. The second-order valence-corrected chi connectivity index (χ2v) is 14.0. The van der Waals surface area contributed by atoms with Gasteiger partial charge in [0.2, 0.25) is 0 Å². The number of unbranched alkanes of at least 4 members (excludes halogenated alkanes) is 9. The summed E-state index contributed by atoms with van der Waals surface area (Å²) in [6.07, 6.45) is 17.3. The van der Waals surface area contributed by atoms with Gasteiger partial charge in [0.05, 0.1) is 0 Å². The molecule has 1 unspecified atom stereocenters. The molecule has 0 saturated heterocycles. The van der Waals surface area contributed by atoms with Crippen molar-refractivity contribution in [3.63, 3.8) is 0 Å². The van der Waals surface area contributed by atoms with Gasteiger partial charge in [0.1, 0.15) is 6.10 Å². The molecular weight excluding hydrogens is 380 g/mol. The summed E-state index contributed by atoms with van der Waals surface area (Å²) >= 11 is 0. The highest BCUT2D eigenvalue weighted by Crippen LogP contribution is 2.33. The quantitative estimate of drug-likeness (QED) is 0.112. The second-order valence-electron chi connectivity index (χ2n) is 9.90. The fourth-order valence-electron chi connectivity index (χ4n) is 4.24. The maximum absolute atomic E-state index is 7.16. The first kappa shape index (κ1) is 29.5. The van der Waals surface area contributed by atoms with Crippen molar-refractivity contribution in [1.82, 2.24) is 0 Å². The highest BCUT2D eigenvalue weighted by molar-refractivity contribution is 6.73. The van der Waals surface area contributed by atoms with E-state index in [9.17, 15) is 0 Å². The zero-order chi connectivity index (χ0) is 22.7. The molecule has 0 aliphatic rings. The molecule has 0 aromatic heterocycles. The average Bonchev–Trinajstić information content (AvgIpc) is 2.69. The van der Waals surface area contributed by atoms with Gasteiger partial charge in [0.25, 0.3) is 0 Å². The largest absolute Gasteiger partial charge is 0.403 e. The SMILES string of the molecule is C=C(C)C#CC(CC(C)C)O[Si](CCCCCC)(CCCCCC)CCCCCC. The Labute approximate surface area is 192 Å². The molecule has 1 nitrogen and oxygen atoms in total. The predicted octanol–water partition coefficient (Wildman–Crippen LogP) is 9.68. The van der Waals surface area contributed by atoms with Crippen LogP contribution in [0.15, 0.2) is 12.2 Å². The van der Waals surface area contributed by atoms with Crippen molar-refractivity contribution in [2.75, 3.05) is 0 Å². The van der Waals surface area contributed by atoms with Gasteiger partial charge >= 0.3 is 0 Å². The van der Waals surface area contributed by atoms with E-state index in [0.717, 1.165) is 12.0 Å². The lowest BCUT2D eigenvalue weighted by atomic mass is 10.1. The number of hydrogen-bond acceptors (Lipinski definition) is 1. The van der Waals surface area contributed by atoms with Gasteiger partial charge < -0.3 is 4.43 Å². The Bertz CT molecular complexity index is 439. The summed E-state index contributed by atoms with van der Waals surface area (Å²) in [6.45, 7) is 17.5. The second kappa shape index (κ2) is 19.2. The molecule has 0 aromatic rings. The lowest BCUT2D eigenvalue weighted by molar-refractivity contribution is 0.209. The Balaban J connectivity index is 5.48. The number of rotatable bonds is 19. The van der Waals surface area contributed by atoms with Crippen molar-refractivity contribution >= 4 is 8.32 Å². The van der Waals surface area contributed by atoms with Gasteiger partial charge in [0, 0.05) is 0 Å². The fourth-order valence-corrected chi connectivity index (χ4v) is 8.79. The van der Waals surface area contributed by atoms with Crippen LogP contribution in [0, 0.1) is 17.8 Å². The van der Waals surface area contributed by atoms with Gasteiger partial charge in [0.15, 0.2) is 8.32 Å². The Morgan fingerprint density at radius 3 is 1.53 bits per heavy atom. The molecule has 0 N–H and O–H groups in total. The molecule has 0 aliphatic carbocycles. The molecule has 0 amide bonds. The van der Waals surface area contributed by atoms with Crippen LogP contribution in [0.1, 0.15) is 125 Å². The van der Waals surface area contributed by atoms with Crippen LogP contribution >= 0.6 is 0 Å². The molecule has 1 atom stereocenters. The van der Waals surface area contributed by atoms with Crippen molar-refractivity contribution in [2.45, 2.75) is 149 Å². The van der Waals surface area contributed by atoms with Crippen LogP contribution in [0.3, 0.4) is 0 Å². The molecule has 0 fully saturated rings. The summed E-state index contributed by atoms with van der Waals surface area (Å²) in [5.74, 6) is 7.34. The Morgan fingerprint density at radius 2 is 1.20 bits per heavy atom. The monoisotopic (exact) mass is 434 g/mol. The summed E-state index contributed by atoms with van der Waals surface area (Å²) in [5, 5.41) is 0. The molecule has 0 radical (unpaired) electrons. The van der Waals surface area contributed by atoms with Crippen LogP contribution in [0.5, 0.6) is 0 Å². The van der Waals surface area contributed by atoms with E-state index >= 15 is 0 Å². The van der Waals surface area contributed by atoms with E-state index in [1.54, 1.807) is 0 Å². The third kappa shape index (κ3) is 16.2. The van der Waals surface area contributed by atoms with Crippen molar-refractivity contribution in [3.05, 3.63) is 12.2 Å². The van der Waals surface area contributed by atoms with E-state index in [-0.39, 0.29) is 6.10 Å². The summed E-state index contributed by atoms with van der Waals surface area (Å²) in [6, 6.07) is 4.03. The fraction of sp³-hybridized carbons (Fsp3) is 0.857. The molecular formula is C28H54OSi. The Kier molecular flexibility index (Phi) is 18.8. The van der Waals surface area contributed by atoms with Crippen molar-refractivity contribution < 1.29 is 4.43 Å². The number of allylic oxidation sites excluding steroid dienone is 1. The van der Waals surface area contributed by atoms with Crippen LogP contribution in [0.4, 0.5) is 0 Å². The highest BCUT2D eigenvalue weighted by atomic mass is 28.4. The predicted molar refractivity (Wildman–Crippen MR) is 140 cm³/mol. The zero-order valence-electron chi connectivity index (χ0n) is 21.6. The molecule has 0 saturated carbocycles. The van der Waals surface area contributed by atoms with Gasteiger partial charge in [-0.1, -0.05) is 130 Å². The van der Waals surface area contributed by atoms with Crippen LogP contribution in [0.25, 0.3) is 0 Å². The third-order valence-electron chi connectivity index (χ3n) is 5.98. The third-order valence-corrected chi connectivity index (χ3v) is 10.6. The first-order chi connectivity index (χ1) is 14.4. The van der Waals surface area contributed by atoms with E-state index in [1.165, 1.54) is 95.2 Å². The standard InChI is InChI=1S/C28H54OSi/c1-8-11-14-17-22-30(23-18-15-12-9-2,24-19-16-13-10-3)29-28(25-27(6)7)21-20-26(4)5/h27-28H,4,8-19,22-25H2,1-3,5-7H3. The lowest BCUT2D eigenvalue weighted by Gasteiger charge is -2.35. The van der Waals surface area contributed by atoms with Gasteiger partial charge in [-0.05, 0) is 43.0 Å². The summed E-state index contributed by atoms with van der Waals surface area (Å²) < 4.78 is 7.16. The van der Waals surface area contributed by atoms with Crippen molar-refractivity contribution in [2.24, 2.45) is 5.92 Å². The van der Waals surface area contributed by atoms with E-state index in [1.807, 2.05) is 6.92 Å². The van der Waals surface area contributed by atoms with Crippen molar-refractivity contribution in [1.29, 1.82) is 0 Å². The Morgan fingerprint density at radius 1 is 0.767 bits per heavy atom. The molecule has 30 heavy (non-hydrogen) atoms. The topological polar surface area (TPSA) is 9.23 Å². The van der Waals surface area contributed by atoms with Crippen LogP contribution in [-0.2, 0) is 4.43 Å². The smallest absolute Gasteiger partial charge is 0.194 e. The minimum atomic E-state index is -1.78. The van der Waals surface area contributed by atoms with Gasteiger partial charge in [-0.2, -0.15) is 0 Å². The number of hydrogen-bond donors (Lipinski definition) is 0. The van der Waals surface area contributed by atoms with Crippen LogP contribution in [-0.4, -0.2) is 14.4 Å². The molecule has 176 valence electrons. The minimum Gasteiger partial charge on any atom is -0.403 e. The molecule has 0 bridgehead atoms. The minimum absolute atomic E-state index is 0.0943. The average molecular weight is 435 g/mol. The van der Waals surface area contributed by atoms with Gasteiger partial charge in [-0.3, -0.25) is 0 Å². The van der Waals surface area contributed by atoms with Crippen LogP contribution in [0.2, 0.25) is 18.1 Å². The van der Waals surface area contributed by atoms with Gasteiger partial charge in [-0.15, -0.1) is 0 Å². The lowest BCUT2D eigenvalue weighted by Crippen LogP contribution is -2.42. The molecule has 0 rings (SSSR count). The maximum atomic E-state index is 7.16. The normalized spacial score (nSPS) is 12.6.